The van der Waals surface area contributed by atoms with E-state index in [-0.39, 0.29) is 5.91 Å². The zero-order valence-corrected chi connectivity index (χ0v) is 18.8. The summed E-state index contributed by atoms with van der Waals surface area (Å²) in [5.74, 6) is 6.18. The van der Waals surface area contributed by atoms with Gasteiger partial charge in [0.15, 0.2) is 0 Å². The molecule has 3 aromatic rings. The smallest absolute Gasteiger partial charge is 0.328 e. The number of aromatic nitrogens is 1. The Balaban J connectivity index is 1.95. The Morgan fingerprint density at radius 2 is 1.84 bits per heavy atom. The maximum absolute atomic E-state index is 13.2. The van der Waals surface area contributed by atoms with Crippen molar-refractivity contribution in [2.45, 2.75) is 12.5 Å². The quantitative estimate of drug-likeness (QED) is 0.438. The van der Waals surface area contributed by atoms with Crippen molar-refractivity contribution in [3.8, 4) is 23.0 Å². The molecule has 0 unspecified atom stereocenters. The van der Waals surface area contributed by atoms with Crippen LogP contribution in [0.5, 0.6) is 0 Å². The second-order valence-electron chi connectivity index (χ2n) is 6.95. The van der Waals surface area contributed by atoms with Crippen LogP contribution in [0.2, 0.25) is 0 Å². The lowest BCUT2D eigenvalue weighted by molar-refractivity contribution is -0.142. The van der Waals surface area contributed by atoms with E-state index < -0.39 is 12.0 Å². The summed E-state index contributed by atoms with van der Waals surface area (Å²) in [4.78, 5) is 29.4. The zero-order valence-electron chi connectivity index (χ0n) is 18.0. The molecule has 1 N–H and O–H groups in total. The van der Waals surface area contributed by atoms with Gasteiger partial charge in [-0.2, -0.15) is 11.8 Å². The van der Waals surface area contributed by atoms with Gasteiger partial charge in [0.2, 0.25) is 0 Å². The first-order valence-corrected chi connectivity index (χ1v) is 11.5. The molecular formula is C26H24N2O3S. The summed E-state index contributed by atoms with van der Waals surface area (Å²) in [5.41, 5.74) is 3.69. The Hall–Kier alpha value is -3.56. The van der Waals surface area contributed by atoms with Crippen LogP contribution in [0.1, 0.15) is 27.9 Å². The number of amides is 1. The van der Waals surface area contributed by atoms with Crippen molar-refractivity contribution in [1.82, 2.24) is 10.3 Å². The fourth-order valence-corrected chi connectivity index (χ4v) is 3.59. The topological polar surface area (TPSA) is 68.3 Å². The van der Waals surface area contributed by atoms with E-state index in [1.807, 2.05) is 54.8 Å². The first-order chi connectivity index (χ1) is 15.6. The predicted octanol–water partition coefficient (Wildman–Crippen LogP) is 4.17. The van der Waals surface area contributed by atoms with Gasteiger partial charge in [-0.15, -0.1) is 0 Å². The summed E-state index contributed by atoms with van der Waals surface area (Å²) in [6, 6.07) is 18.1. The number of benzene rings is 2. The maximum Gasteiger partial charge on any atom is 0.328 e. The molecule has 0 aliphatic heterocycles. The van der Waals surface area contributed by atoms with E-state index in [9.17, 15) is 9.59 Å². The molecule has 32 heavy (non-hydrogen) atoms. The molecule has 5 nitrogen and oxygen atoms in total. The van der Waals surface area contributed by atoms with Gasteiger partial charge < -0.3 is 10.1 Å². The highest BCUT2D eigenvalue weighted by atomic mass is 32.2. The Morgan fingerprint density at radius 3 is 2.53 bits per heavy atom. The fraction of sp³-hybridized carbons (Fsp3) is 0.192. The average Bonchev–Trinajstić information content (AvgIpc) is 2.85. The summed E-state index contributed by atoms with van der Waals surface area (Å²) in [7, 11) is 1.33. The number of nitrogens with zero attached hydrogens (tertiary/aromatic N) is 1. The highest BCUT2D eigenvalue weighted by Gasteiger charge is 2.23. The van der Waals surface area contributed by atoms with Crippen LogP contribution in [0.15, 0.2) is 73.1 Å². The number of rotatable bonds is 7. The van der Waals surface area contributed by atoms with Crippen LogP contribution in [-0.2, 0) is 9.53 Å². The lowest BCUT2D eigenvalue weighted by Crippen LogP contribution is -2.42. The highest BCUT2D eigenvalue weighted by molar-refractivity contribution is 7.98. The van der Waals surface area contributed by atoms with Crippen molar-refractivity contribution < 1.29 is 14.3 Å². The standard InChI is InChI=1S/C26H24N2O3S/c1-31-26(30)24(14-16-32-2)28-25(29)22-13-12-19(10-11-20-7-6-15-27-18-20)17-23(22)21-8-4-3-5-9-21/h3-9,12-13,15,17-18,24H,14,16H2,1-2H3,(H,28,29)/t24-/m0/s1. The number of hydrogen-bond acceptors (Lipinski definition) is 5. The minimum Gasteiger partial charge on any atom is -0.467 e. The van der Waals surface area contributed by atoms with E-state index in [1.165, 1.54) is 7.11 Å². The SMILES string of the molecule is COC(=O)[C@H](CCSC)NC(=O)c1ccc(C#Cc2cccnc2)cc1-c1ccccc1. The van der Waals surface area contributed by atoms with Crippen molar-refractivity contribution in [2.75, 3.05) is 19.1 Å². The molecule has 0 aliphatic carbocycles. The van der Waals surface area contributed by atoms with Crippen molar-refractivity contribution in [3.05, 3.63) is 89.7 Å². The second-order valence-corrected chi connectivity index (χ2v) is 7.93. The summed E-state index contributed by atoms with van der Waals surface area (Å²) >= 11 is 1.61. The first kappa shape index (κ1) is 23.1. The van der Waals surface area contributed by atoms with Gasteiger partial charge in [0.05, 0.1) is 7.11 Å². The number of nitrogens with one attached hydrogen (secondary N) is 1. The van der Waals surface area contributed by atoms with Gasteiger partial charge >= 0.3 is 5.97 Å². The summed E-state index contributed by atoms with van der Waals surface area (Å²) in [5, 5.41) is 2.84. The van der Waals surface area contributed by atoms with E-state index in [1.54, 1.807) is 36.3 Å². The molecule has 0 bridgehead atoms. The molecule has 6 heteroatoms. The molecule has 0 aliphatic rings. The van der Waals surface area contributed by atoms with Crippen molar-refractivity contribution in [2.24, 2.45) is 0 Å². The summed E-state index contributed by atoms with van der Waals surface area (Å²) in [6.07, 6.45) is 5.85. The van der Waals surface area contributed by atoms with E-state index in [0.29, 0.717) is 12.0 Å². The van der Waals surface area contributed by atoms with Crippen LogP contribution >= 0.6 is 11.8 Å². The molecule has 2 aromatic carbocycles. The minimum atomic E-state index is -0.700. The zero-order chi connectivity index (χ0) is 22.8. The molecule has 3 rings (SSSR count). The molecule has 0 spiro atoms. The number of esters is 1. The van der Waals surface area contributed by atoms with Crippen LogP contribution in [0.3, 0.4) is 0 Å². The maximum atomic E-state index is 13.2. The number of hydrogen-bond donors (Lipinski definition) is 1. The van der Waals surface area contributed by atoms with Crippen molar-refractivity contribution >= 4 is 23.6 Å². The molecule has 1 amide bonds. The van der Waals surface area contributed by atoms with Crippen molar-refractivity contribution in [3.63, 3.8) is 0 Å². The monoisotopic (exact) mass is 444 g/mol. The van der Waals surface area contributed by atoms with Crippen LogP contribution in [0, 0.1) is 11.8 Å². The van der Waals surface area contributed by atoms with Gasteiger partial charge in [0.25, 0.3) is 5.91 Å². The number of carbonyl (C=O) groups excluding carboxylic acids is 2. The van der Waals surface area contributed by atoms with Gasteiger partial charge in [-0.3, -0.25) is 9.78 Å². The molecule has 0 saturated carbocycles. The number of methoxy groups -OCH3 is 1. The highest BCUT2D eigenvalue weighted by Crippen LogP contribution is 2.25. The summed E-state index contributed by atoms with van der Waals surface area (Å²) in [6.45, 7) is 0. The second kappa shape index (κ2) is 11.7. The third kappa shape index (κ3) is 6.22. The van der Waals surface area contributed by atoms with E-state index in [2.05, 4.69) is 22.1 Å². The third-order valence-electron chi connectivity index (χ3n) is 4.76. The van der Waals surface area contributed by atoms with Gasteiger partial charge in [0.1, 0.15) is 6.04 Å². The normalized spacial score (nSPS) is 11.1. The molecule has 0 saturated heterocycles. The molecular weight excluding hydrogens is 420 g/mol. The number of thioether (sulfide) groups is 1. The summed E-state index contributed by atoms with van der Waals surface area (Å²) < 4.78 is 4.87. The largest absolute Gasteiger partial charge is 0.467 e. The van der Waals surface area contributed by atoms with Gasteiger partial charge in [-0.05, 0) is 59.9 Å². The lowest BCUT2D eigenvalue weighted by Gasteiger charge is -2.17. The Bertz CT molecular complexity index is 1120. The Kier molecular flexibility index (Phi) is 8.47. The van der Waals surface area contributed by atoms with Gasteiger partial charge in [-0.25, -0.2) is 4.79 Å². The molecule has 1 aromatic heterocycles. The minimum absolute atomic E-state index is 0.327. The first-order valence-electron chi connectivity index (χ1n) is 10.1. The van der Waals surface area contributed by atoms with Crippen LogP contribution < -0.4 is 5.32 Å². The molecule has 0 radical (unpaired) electrons. The van der Waals surface area contributed by atoms with Crippen LogP contribution in [-0.4, -0.2) is 42.0 Å². The van der Waals surface area contributed by atoms with E-state index in [0.717, 1.165) is 28.0 Å². The van der Waals surface area contributed by atoms with E-state index >= 15 is 0 Å². The molecule has 0 fully saturated rings. The number of ether oxygens (including phenoxy) is 1. The van der Waals surface area contributed by atoms with Crippen LogP contribution in [0.4, 0.5) is 0 Å². The van der Waals surface area contributed by atoms with E-state index in [4.69, 9.17) is 4.74 Å². The average molecular weight is 445 g/mol. The van der Waals surface area contributed by atoms with Gasteiger partial charge in [0, 0.05) is 29.1 Å². The molecule has 1 heterocycles. The Labute approximate surface area is 192 Å². The van der Waals surface area contributed by atoms with Gasteiger partial charge in [-0.1, -0.05) is 42.2 Å². The fourth-order valence-electron chi connectivity index (χ4n) is 3.12. The molecule has 1 atom stereocenters. The van der Waals surface area contributed by atoms with Crippen molar-refractivity contribution in [1.29, 1.82) is 0 Å². The Morgan fingerprint density at radius 1 is 1.06 bits per heavy atom. The number of carbonyl (C=O) groups is 2. The lowest BCUT2D eigenvalue weighted by atomic mass is 9.96. The third-order valence-corrected chi connectivity index (χ3v) is 5.41. The number of pyridine rings is 1. The molecule has 162 valence electrons. The predicted molar refractivity (Wildman–Crippen MR) is 128 cm³/mol. The van der Waals surface area contributed by atoms with Crippen LogP contribution in [0.25, 0.3) is 11.1 Å².